The van der Waals surface area contributed by atoms with Crippen molar-refractivity contribution in [3.63, 3.8) is 0 Å². The van der Waals surface area contributed by atoms with E-state index in [1.54, 1.807) is 6.92 Å². The fraction of sp³-hybridized carbons (Fsp3) is 0.333. The van der Waals surface area contributed by atoms with E-state index in [9.17, 15) is 9.59 Å². The molecule has 0 unspecified atom stereocenters. The standard InChI is InChI=1S/C30H33N3O2/c1-22(34)33-20-26(23-11-5-2-6-12-23)27-19-32(18-17-28(27)33)21-29(35)31-30(24-13-7-3-8-14-24)25-15-9-4-10-16-25/h2-16,26-28,30H,17-21H2,1H3,(H,31,35)/t26-,27-,28-/m1/s1. The Labute approximate surface area is 207 Å². The number of carbonyl (C=O) groups excluding carboxylic acids is 2. The molecule has 2 heterocycles. The maximum Gasteiger partial charge on any atom is 0.234 e. The van der Waals surface area contributed by atoms with Gasteiger partial charge in [0.1, 0.15) is 0 Å². The Morgan fingerprint density at radius 2 is 1.43 bits per heavy atom. The highest BCUT2D eigenvalue weighted by Gasteiger charge is 2.46. The van der Waals surface area contributed by atoms with Crippen molar-refractivity contribution >= 4 is 11.8 Å². The second-order valence-corrected chi connectivity index (χ2v) is 9.77. The number of rotatable bonds is 6. The van der Waals surface area contributed by atoms with E-state index in [-0.39, 0.29) is 23.9 Å². The van der Waals surface area contributed by atoms with Gasteiger partial charge in [0.2, 0.25) is 11.8 Å². The summed E-state index contributed by atoms with van der Waals surface area (Å²) in [6.45, 7) is 4.45. The van der Waals surface area contributed by atoms with Crippen molar-refractivity contribution in [1.29, 1.82) is 0 Å². The summed E-state index contributed by atoms with van der Waals surface area (Å²) in [5, 5.41) is 3.28. The summed E-state index contributed by atoms with van der Waals surface area (Å²) >= 11 is 0. The van der Waals surface area contributed by atoms with Gasteiger partial charge >= 0.3 is 0 Å². The van der Waals surface area contributed by atoms with Crippen LogP contribution in [0.1, 0.15) is 42.0 Å². The van der Waals surface area contributed by atoms with Crippen molar-refractivity contribution in [2.75, 3.05) is 26.2 Å². The molecule has 0 aromatic heterocycles. The Kier molecular flexibility index (Phi) is 6.96. The maximum absolute atomic E-state index is 13.3. The molecule has 35 heavy (non-hydrogen) atoms. The molecule has 3 aromatic carbocycles. The number of hydrogen-bond acceptors (Lipinski definition) is 3. The van der Waals surface area contributed by atoms with Crippen molar-refractivity contribution in [3.8, 4) is 0 Å². The SMILES string of the molecule is CC(=O)N1C[C@H](c2ccccc2)[C@H]2CN(CC(=O)NC(c3ccccc3)c3ccccc3)CC[C@H]21. The molecule has 0 aliphatic carbocycles. The third-order valence-corrected chi connectivity index (χ3v) is 7.59. The Bertz CT molecular complexity index is 1100. The first-order valence-corrected chi connectivity index (χ1v) is 12.5. The second kappa shape index (κ2) is 10.4. The third kappa shape index (κ3) is 5.15. The Morgan fingerprint density at radius 1 is 0.857 bits per heavy atom. The molecule has 2 aliphatic rings. The smallest absolute Gasteiger partial charge is 0.234 e. The zero-order valence-electron chi connectivity index (χ0n) is 20.2. The summed E-state index contributed by atoms with van der Waals surface area (Å²) in [5.74, 6) is 0.816. The van der Waals surface area contributed by atoms with Crippen molar-refractivity contribution in [2.24, 2.45) is 5.92 Å². The van der Waals surface area contributed by atoms with Gasteiger partial charge in [-0.2, -0.15) is 0 Å². The van der Waals surface area contributed by atoms with Crippen LogP contribution in [0.3, 0.4) is 0 Å². The van der Waals surface area contributed by atoms with Crippen molar-refractivity contribution in [3.05, 3.63) is 108 Å². The highest BCUT2D eigenvalue weighted by molar-refractivity contribution is 5.79. The average molecular weight is 468 g/mol. The number of nitrogens with one attached hydrogen (secondary N) is 1. The van der Waals surface area contributed by atoms with Gasteiger partial charge < -0.3 is 10.2 Å². The minimum absolute atomic E-state index is 0.0267. The first-order valence-electron chi connectivity index (χ1n) is 12.5. The highest BCUT2D eigenvalue weighted by atomic mass is 16.2. The molecule has 1 N–H and O–H groups in total. The molecule has 2 aliphatic heterocycles. The van der Waals surface area contributed by atoms with E-state index in [4.69, 9.17) is 0 Å². The van der Waals surface area contributed by atoms with Crippen LogP contribution < -0.4 is 5.32 Å². The van der Waals surface area contributed by atoms with E-state index in [1.807, 2.05) is 42.5 Å². The van der Waals surface area contributed by atoms with Crippen molar-refractivity contribution in [1.82, 2.24) is 15.1 Å². The number of carbonyl (C=O) groups is 2. The van der Waals surface area contributed by atoms with Gasteiger partial charge in [-0.15, -0.1) is 0 Å². The summed E-state index contributed by atoms with van der Waals surface area (Å²) in [7, 11) is 0. The minimum atomic E-state index is -0.181. The van der Waals surface area contributed by atoms with Gasteiger partial charge in [-0.05, 0) is 23.1 Å². The van der Waals surface area contributed by atoms with Crippen LogP contribution in [-0.2, 0) is 9.59 Å². The molecule has 0 saturated carbocycles. The molecule has 180 valence electrons. The molecular formula is C30H33N3O2. The predicted molar refractivity (Wildman–Crippen MR) is 138 cm³/mol. The molecule has 0 bridgehead atoms. The molecule has 5 nitrogen and oxygen atoms in total. The van der Waals surface area contributed by atoms with Crippen LogP contribution in [0.15, 0.2) is 91.0 Å². The monoisotopic (exact) mass is 467 g/mol. The van der Waals surface area contributed by atoms with E-state index in [0.717, 1.165) is 37.2 Å². The molecule has 3 atom stereocenters. The van der Waals surface area contributed by atoms with Gasteiger partial charge in [-0.1, -0.05) is 91.0 Å². The Hall–Kier alpha value is -3.44. The van der Waals surface area contributed by atoms with E-state index in [2.05, 4.69) is 63.6 Å². The lowest BCUT2D eigenvalue weighted by Gasteiger charge is -2.38. The number of nitrogens with zero attached hydrogens (tertiary/aromatic N) is 2. The molecular weight excluding hydrogens is 434 g/mol. The number of piperidine rings is 1. The first kappa shape index (κ1) is 23.3. The lowest BCUT2D eigenvalue weighted by atomic mass is 9.82. The van der Waals surface area contributed by atoms with Crippen molar-refractivity contribution in [2.45, 2.75) is 31.3 Å². The maximum atomic E-state index is 13.3. The van der Waals surface area contributed by atoms with E-state index < -0.39 is 0 Å². The number of fused-ring (bicyclic) bond motifs is 1. The van der Waals surface area contributed by atoms with Gasteiger partial charge in [0.15, 0.2) is 0 Å². The van der Waals surface area contributed by atoms with Gasteiger partial charge in [0.05, 0.1) is 12.6 Å². The van der Waals surface area contributed by atoms with E-state index in [0.29, 0.717) is 18.4 Å². The zero-order chi connectivity index (χ0) is 24.2. The molecule has 0 radical (unpaired) electrons. The van der Waals surface area contributed by atoms with Crippen LogP contribution >= 0.6 is 0 Å². The van der Waals surface area contributed by atoms with Crippen LogP contribution in [-0.4, -0.2) is 53.8 Å². The summed E-state index contributed by atoms with van der Waals surface area (Å²) in [5.41, 5.74) is 3.43. The van der Waals surface area contributed by atoms with Crippen LogP contribution in [0.25, 0.3) is 0 Å². The lowest BCUT2D eigenvalue weighted by Crippen LogP contribution is -2.50. The van der Waals surface area contributed by atoms with Crippen molar-refractivity contribution < 1.29 is 9.59 Å². The Morgan fingerprint density at radius 3 is 2.00 bits per heavy atom. The van der Waals surface area contributed by atoms with Crippen LogP contribution in [0, 0.1) is 5.92 Å². The first-order chi connectivity index (χ1) is 17.1. The average Bonchev–Trinajstić information content (AvgIpc) is 3.28. The van der Waals surface area contributed by atoms with E-state index in [1.165, 1.54) is 5.56 Å². The quantitative estimate of drug-likeness (QED) is 0.590. The molecule has 5 heteroatoms. The van der Waals surface area contributed by atoms with Crippen LogP contribution in [0.5, 0.6) is 0 Å². The van der Waals surface area contributed by atoms with Gasteiger partial charge in [-0.25, -0.2) is 0 Å². The largest absolute Gasteiger partial charge is 0.344 e. The third-order valence-electron chi connectivity index (χ3n) is 7.59. The molecule has 0 spiro atoms. The molecule has 2 fully saturated rings. The number of benzene rings is 3. The summed E-state index contributed by atoms with van der Waals surface area (Å²) < 4.78 is 0. The van der Waals surface area contributed by atoms with Gasteiger partial charge in [0, 0.05) is 44.4 Å². The van der Waals surface area contributed by atoms with Crippen LogP contribution in [0.2, 0.25) is 0 Å². The fourth-order valence-corrected chi connectivity index (χ4v) is 5.92. The van der Waals surface area contributed by atoms with Crippen LogP contribution in [0.4, 0.5) is 0 Å². The zero-order valence-corrected chi connectivity index (χ0v) is 20.2. The summed E-state index contributed by atoms with van der Waals surface area (Å²) in [6.07, 6.45) is 0.904. The Balaban J connectivity index is 1.30. The van der Waals surface area contributed by atoms with Gasteiger partial charge in [0.25, 0.3) is 0 Å². The molecule has 2 amide bonds. The normalized spacial score (nSPS) is 22.1. The molecule has 3 aromatic rings. The highest BCUT2D eigenvalue weighted by Crippen LogP contribution is 2.41. The number of likely N-dealkylation sites (tertiary alicyclic amines) is 2. The number of amides is 2. The molecule has 2 saturated heterocycles. The molecule has 5 rings (SSSR count). The van der Waals surface area contributed by atoms with E-state index >= 15 is 0 Å². The topological polar surface area (TPSA) is 52.7 Å². The second-order valence-electron chi connectivity index (χ2n) is 9.77. The lowest BCUT2D eigenvalue weighted by molar-refractivity contribution is -0.131. The minimum Gasteiger partial charge on any atom is -0.344 e. The summed E-state index contributed by atoms with van der Waals surface area (Å²) in [4.78, 5) is 30.0. The van der Waals surface area contributed by atoms with Gasteiger partial charge in [-0.3, -0.25) is 14.5 Å². The summed E-state index contributed by atoms with van der Waals surface area (Å²) in [6, 6.07) is 30.8. The predicted octanol–water partition coefficient (Wildman–Crippen LogP) is 4.23. The number of hydrogen-bond donors (Lipinski definition) is 1. The fourth-order valence-electron chi connectivity index (χ4n) is 5.92.